The molecule has 0 heterocycles. The van der Waals surface area contributed by atoms with Crippen molar-refractivity contribution >= 4 is 17.7 Å². The molecule has 0 fully saturated rings. The van der Waals surface area contributed by atoms with Crippen LogP contribution >= 0.6 is 0 Å². The van der Waals surface area contributed by atoms with E-state index in [0.29, 0.717) is 0 Å². The predicted octanol–water partition coefficient (Wildman–Crippen LogP) is 2.87. The van der Waals surface area contributed by atoms with Gasteiger partial charge in [-0.2, -0.15) is 0 Å². The zero-order valence-corrected chi connectivity index (χ0v) is 14.5. The minimum Gasteiger partial charge on any atom is -0.478 e. The summed E-state index contributed by atoms with van der Waals surface area (Å²) in [5.41, 5.74) is -0.743. The zero-order valence-electron chi connectivity index (χ0n) is 14.5. The summed E-state index contributed by atoms with van der Waals surface area (Å²) in [5.74, 6) is 4.16. The Bertz CT molecular complexity index is 718. The number of carboxylic acids is 1. The summed E-state index contributed by atoms with van der Waals surface area (Å²) >= 11 is 0. The van der Waals surface area contributed by atoms with E-state index in [9.17, 15) is 19.7 Å². The Hall–Kier alpha value is -3.08. The number of carboxylic acid groups (broad SMARTS) is 1. The summed E-state index contributed by atoms with van der Waals surface area (Å²) in [5, 5.41) is 22.7. The van der Waals surface area contributed by atoms with Crippen LogP contribution in [0.25, 0.3) is 0 Å². The maximum atomic E-state index is 11.4. The van der Waals surface area contributed by atoms with Gasteiger partial charge in [0.25, 0.3) is 5.69 Å². The smallest absolute Gasteiger partial charge is 0.407 e. The molecule has 0 saturated heterocycles. The molecule has 0 aliphatic rings. The van der Waals surface area contributed by atoms with Crippen molar-refractivity contribution in [3.8, 4) is 11.8 Å². The Morgan fingerprint density at radius 3 is 2.52 bits per heavy atom. The number of amides is 1. The molecule has 0 radical (unpaired) electrons. The van der Waals surface area contributed by atoms with Crippen LogP contribution in [0.1, 0.15) is 48.7 Å². The third-order valence-electron chi connectivity index (χ3n) is 2.96. The van der Waals surface area contributed by atoms with Crippen molar-refractivity contribution in [3.63, 3.8) is 0 Å². The summed E-state index contributed by atoms with van der Waals surface area (Å²) in [7, 11) is 0. The second-order valence-corrected chi connectivity index (χ2v) is 6.21. The molecule has 1 amide bonds. The molecule has 25 heavy (non-hydrogen) atoms. The minimum atomic E-state index is -1.25. The lowest BCUT2D eigenvalue weighted by Crippen LogP contribution is -2.32. The molecule has 0 unspecified atom stereocenters. The molecule has 2 N–H and O–H groups in total. The summed E-state index contributed by atoms with van der Waals surface area (Å²) in [4.78, 5) is 33.0. The zero-order chi connectivity index (χ0) is 19.2. The Labute approximate surface area is 145 Å². The Morgan fingerprint density at radius 1 is 1.36 bits per heavy atom. The molecule has 1 rings (SSSR count). The molecule has 8 heteroatoms. The number of nitro groups is 1. The average Bonchev–Trinajstić information content (AvgIpc) is 2.45. The molecule has 0 aliphatic heterocycles. The molecule has 0 atom stereocenters. The number of hydrogen-bond acceptors (Lipinski definition) is 5. The summed E-state index contributed by atoms with van der Waals surface area (Å²) < 4.78 is 5.06. The standard InChI is InChI=1S/C17H20N2O6/c1-11-13(15(20)21)9-12(10-14(11)19(23)24)7-5-6-8-18-16(22)25-17(2,3)4/h9-10H,6,8H2,1-4H3,(H,18,22)(H,20,21). The van der Waals surface area contributed by atoms with E-state index in [4.69, 9.17) is 9.84 Å². The Kier molecular flexibility index (Phi) is 6.51. The highest BCUT2D eigenvalue weighted by Crippen LogP contribution is 2.23. The first-order valence-corrected chi connectivity index (χ1v) is 7.49. The van der Waals surface area contributed by atoms with Gasteiger partial charge in [-0.05, 0) is 33.8 Å². The molecule has 1 aromatic carbocycles. The van der Waals surface area contributed by atoms with Gasteiger partial charge in [-0.1, -0.05) is 11.8 Å². The molecule has 1 aromatic rings. The highest BCUT2D eigenvalue weighted by atomic mass is 16.6. The number of nitrogens with one attached hydrogen (secondary N) is 1. The Balaban J connectivity index is 2.78. The topological polar surface area (TPSA) is 119 Å². The van der Waals surface area contributed by atoms with Crippen LogP contribution in [-0.2, 0) is 4.74 Å². The number of alkyl carbamates (subject to hydrolysis) is 1. The molecule has 134 valence electrons. The molecule has 0 bridgehead atoms. The SMILES string of the molecule is Cc1c(C(=O)O)cc(C#CCCNC(=O)OC(C)(C)C)cc1[N+](=O)[O-]. The Morgan fingerprint density at radius 2 is 2.00 bits per heavy atom. The average molecular weight is 348 g/mol. The maximum Gasteiger partial charge on any atom is 0.407 e. The highest BCUT2D eigenvalue weighted by molar-refractivity contribution is 5.91. The number of nitrogens with zero attached hydrogens (tertiary/aromatic N) is 1. The van der Waals surface area contributed by atoms with Gasteiger partial charge >= 0.3 is 12.1 Å². The van der Waals surface area contributed by atoms with Crippen molar-refractivity contribution < 1.29 is 24.4 Å². The van der Waals surface area contributed by atoms with Crippen LogP contribution < -0.4 is 5.32 Å². The number of carbonyl (C=O) groups excluding carboxylic acids is 1. The quantitative estimate of drug-likeness (QED) is 0.374. The van der Waals surface area contributed by atoms with Crippen LogP contribution in [0.15, 0.2) is 12.1 Å². The monoisotopic (exact) mass is 348 g/mol. The first-order valence-electron chi connectivity index (χ1n) is 7.49. The van der Waals surface area contributed by atoms with E-state index in [1.54, 1.807) is 20.8 Å². The van der Waals surface area contributed by atoms with E-state index in [1.807, 2.05) is 0 Å². The lowest BCUT2D eigenvalue weighted by Gasteiger charge is -2.19. The van der Waals surface area contributed by atoms with E-state index in [-0.39, 0.29) is 35.3 Å². The van der Waals surface area contributed by atoms with Gasteiger partial charge in [0, 0.05) is 30.2 Å². The van der Waals surface area contributed by atoms with Gasteiger partial charge in [0.2, 0.25) is 0 Å². The van der Waals surface area contributed by atoms with Crippen LogP contribution in [0.2, 0.25) is 0 Å². The third-order valence-corrected chi connectivity index (χ3v) is 2.96. The second kappa shape index (κ2) is 8.15. The maximum absolute atomic E-state index is 11.4. The number of nitro benzene ring substituents is 1. The number of carbonyl (C=O) groups is 2. The van der Waals surface area contributed by atoms with Crippen LogP contribution in [0.5, 0.6) is 0 Å². The molecular weight excluding hydrogens is 328 g/mol. The summed E-state index contributed by atoms with van der Waals surface area (Å²) in [6.45, 7) is 6.86. The van der Waals surface area contributed by atoms with Crippen molar-refractivity contribution in [1.29, 1.82) is 0 Å². The summed E-state index contributed by atoms with van der Waals surface area (Å²) in [6, 6.07) is 2.52. The number of rotatable bonds is 4. The molecule has 0 saturated carbocycles. The molecule has 0 aliphatic carbocycles. The van der Waals surface area contributed by atoms with Crippen molar-refractivity contribution in [2.75, 3.05) is 6.54 Å². The fourth-order valence-corrected chi connectivity index (χ4v) is 1.89. The van der Waals surface area contributed by atoms with Gasteiger partial charge in [-0.15, -0.1) is 0 Å². The van der Waals surface area contributed by atoms with Crippen molar-refractivity contribution in [1.82, 2.24) is 5.32 Å². The normalized spacial score (nSPS) is 10.4. The fraction of sp³-hybridized carbons (Fsp3) is 0.412. The number of hydrogen-bond donors (Lipinski definition) is 2. The van der Waals surface area contributed by atoms with Gasteiger partial charge in [-0.25, -0.2) is 9.59 Å². The van der Waals surface area contributed by atoms with Crippen molar-refractivity contribution in [2.24, 2.45) is 0 Å². The van der Waals surface area contributed by atoms with E-state index in [1.165, 1.54) is 19.1 Å². The van der Waals surface area contributed by atoms with E-state index >= 15 is 0 Å². The van der Waals surface area contributed by atoms with Gasteiger partial charge in [-0.3, -0.25) is 10.1 Å². The molecule has 0 aromatic heterocycles. The van der Waals surface area contributed by atoms with Crippen molar-refractivity contribution in [2.45, 2.75) is 39.7 Å². The third kappa shape index (κ3) is 6.51. The molecule has 8 nitrogen and oxygen atoms in total. The molecule has 0 spiro atoms. The number of aromatic carboxylic acids is 1. The van der Waals surface area contributed by atoms with Crippen LogP contribution in [-0.4, -0.2) is 34.2 Å². The first-order chi connectivity index (χ1) is 11.5. The predicted molar refractivity (Wildman–Crippen MR) is 90.5 cm³/mol. The van der Waals surface area contributed by atoms with Crippen LogP contribution in [0.4, 0.5) is 10.5 Å². The first kappa shape index (κ1) is 20.0. The second-order valence-electron chi connectivity index (χ2n) is 6.21. The van der Waals surface area contributed by atoms with E-state index in [2.05, 4.69) is 17.2 Å². The van der Waals surface area contributed by atoms with Crippen LogP contribution in [0.3, 0.4) is 0 Å². The van der Waals surface area contributed by atoms with Crippen LogP contribution in [0, 0.1) is 28.9 Å². The van der Waals surface area contributed by atoms with E-state index < -0.39 is 22.6 Å². The number of ether oxygens (including phenoxy) is 1. The largest absolute Gasteiger partial charge is 0.478 e. The van der Waals surface area contributed by atoms with E-state index in [0.717, 1.165) is 0 Å². The van der Waals surface area contributed by atoms with Gasteiger partial charge in [0.15, 0.2) is 0 Å². The fourth-order valence-electron chi connectivity index (χ4n) is 1.89. The van der Waals surface area contributed by atoms with Gasteiger partial charge in [0.05, 0.1) is 10.5 Å². The number of benzene rings is 1. The van der Waals surface area contributed by atoms with Crippen molar-refractivity contribution in [3.05, 3.63) is 38.9 Å². The van der Waals surface area contributed by atoms with Gasteiger partial charge < -0.3 is 15.2 Å². The van der Waals surface area contributed by atoms with Gasteiger partial charge in [0.1, 0.15) is 5.60 Å². The highest BCUT2D eigenvalue weighted by Gasteiger charge is 2.19. The summed E-state index contributed by atoms with van der Waals surface area (Å²) in [6.07, 6.45) is -0.281. The lowest BCUT2D eigenvalue weighted by molar-refractivity contribution is -0.385. The molecular formula is C17H20N2O6. The lowest BCUT2D eigenvalue weighted by atomic mass is 10.0. The minimum absolute atomic E-state index is 0.0784.